The van der Waals surface area contributed by atoms with Gasteiger partial charge in [-0.3, -0.25) is 4.90 Å². The Balaban J connectivity index is 1.86. The molecule has 1 unspecified atom stereocenters. The quantitative estimate of drug-likeness (QED) is 0.599. The van der Waals surface area contributed by atoms with E-state index >= 15 is 0 Å². The monoisotopic (exact) mass is 421 g/mol. The van der Waals surface area contributed by atoms with E-state index in [1.807, 2.05) is 41.8 Å². The SMILES string of the molecule is CCCS(=O)(=O)c1ncc(CN(CCO)Cc2ccccc2)n1CC1CCCO1. The van der Waals surface area contributed by atoms with Gasteiger partial charge in [0.2, 0.25) is 15.0 Å². The second-order valence-corrected chi connectivity index (χ2v) is 9.52. The lowest BCUT2D eigenvalue weighted by Gasteiger charge is -2.23. The average Bonchev–Trinajstić information content (AvgIpc) is 3.34. The molecule has 0 spiro atoms. The van der Waals surface area contributed by atoms with Gasteiger partial charge in [-0.05, 0) is 24.8 Å². The van der Waals surface area contributed by atoms with Crippen molar-refractivity contribution in [2.75, 3.05) is 25.5 Å². The molecule has 0 aliphatic carbocycles. The van der Waals surface area contributed by atoms with Crippen molar-refractivity contribution in [1.82, 2.24) is 14.5 Å². The first-order chi connectivity index (χ1) is 14.0. The summed E-state index contributed by atoms with van der Waals surface area (Å²) < 4.78 is 33.1. The lowest BCUT2D eigenvalue weighted by Crippen LogP contribution is -2.29. The molecule has 1 aromatic carbocycles. The Labute approximate surface area is 173 Å². The zero-order valence-corrected chi connectivity index (χ0v) is 17.9. The van der Waals surface area contributed by atoms with Crippen LogP contribution in [-0.2, 0) is 34.2 Å². The second kappa shape index (κ2) is 10.3. The van der Waals surface area contributed by atoms with Crippen LogP contribution in [0.4, 0.5) is 0 Å². The van der Waals surface area contributed by atoms with Gasteiger partial charge in [0.15, 0.2) is 0 Å². The van der Waals surface area contributed by atoms with Gasteiger partial charge in [0.05, 0.1) is 36.9 Å². The Morgan fingerprint density at radius 1 is 1.28 bits per heavy atom. The third-order valence-corrected chi connectivity index (χ3v) is 6.94. The van der Waals surface area contributed by atoms with E-state index in [0.29, 0.717) is 32.6 Å². The molecule has 3 rings (SSSR count). The summed E-state index contributed by atoms with van der Waals surface area (Å²) in [6, 6.07) is 10.0. The lowest BCUT2D eigenvalue weighted by atomic mass is 10.2. The maximum Gasteiger partial charge on any atom is 0.227 e. The molecule has 0 saturated carbocycles. The van der Waals surface area contributed by atoms with Gasteiger partial charge in [-0.1, -0.05) is 37.3 Å². The number of sulfone groups is 1. The molecule has 1 N–H and O–H groups in total. The highest BCUT2D eigenvalue weighted by molar-refractivity contribution is 7.91. The van der Waals surface area contributed by atoms with E-state index in [1.54, 1.807) is 6.20 Å². The minimum Gasteiger partial charge on any atom is -0.395 e. The van der Waals surface area contributed by atoms with Crippen LogP contribution >= 0.6 is 0 Å². The smallest absolute Gasteiger partial charge is 0.227 e. The molecular weight excluding hydrogens is 390 g/mol. The number of benzene rings is 1. The number of aliphatic hydroxyl groups excluding tert-OH is 1. The molecule has 0 amide bonds. The van der Waals surface area contributed by atoms with Crippen LogP contribution in [0.2, 0.25) is 0 Å². The Morgan fingerprint density at radius 3 is 2.72 bits per heavy atom. The maximum atomic E-state index is 12.8. The van der Waals surface area contributed by atoms with E-state index in [9.17, 15) is 13.5 Å². The summed E-state index contributed by atoms with van der Waals surface area (Å²) in [7, 11) is -3.44. The fraction of sp³-hybridized carbons (Fsp3) is 0.571. The molecule has 1 atom stereocenters. The number of hydrogen-bond donors (Lipinski definition) is 1. The van der Waals surface area contributed by atoms with E-state index in [2.05, 4.69) is 9.88 Å². The summed E-state index contributed by atoms with van der Waals surface area (Å²) in [5, 5.41) is 9.65. The number of nitrogens with zero attached hydrogens (tertiary/aromatic N) is 3. The predicted molar refractivity (Wildman–Crippen MR) is 111 cm³/mol. The van der Waals surface area contributed by atoms with Crippen molar-refractivity contribution in [1.29, 1.82) is 0 Å². The summed E-state index contributed by atoms with van der Waals surface area (Å²) in [6.07, 6.45) is 4.15. The summed E-state index contributed by atoms with van der Waals surface area (Å²) in [6.45, 7) is 4.78. The number of imidazole rings is 1. The average molecular weight is 422 g/mol. The van der Waals surface area contributed by atoms with Gasteiger partial charge in [-0.25, -0.2) is 13.4 Å². The number of hydrogen-bond acceptors (Lipinski definition) is 6. The first-order valence-electron chi connectivity index (χ1n) is 10.3. The van der Waals surface area contributed by atoms with Crippen LogP contribution < -0.4 is 0 Å². The molecule has 1 aromatic heterocycles. The standard InChI is InChI=1S/C21H31N3O4S/c1-2-13-29(26,27)21-22-14-19(24(21)17-20-9-6-12-28-20)16-23(10-11-25)15-18-7-4-3-5-8-18/h3-5,7-8,14,20,25H,2,6,9-13,15-17H2,1H3. The predicted octanol–water partition coefficient (Wildman–Crippen LogP) is 2.24. The van der Waals surface area contributed by atoms with Crippen LogP contribution in [0.1, 0.15) is 37.4 Å². The van der Waals surface area contributed by atoms with E-state index in [1.165, 1.54) is 0 Å². The zero-order chi connectivity index (χ0) is 20.7. The van der Waals surface area contributed by atoms with Crippen LogP contribution in [0.15, 0.2) is 41.7 Å². The molecular formula is C21H31N3O4S. The minimum absolute atomic E-state index is 0.0129. The summed E-state index contributed by atoms with van der Waals surface area (Å²) >= 11 is 0. The van der Waals surface area contributed by atoms with Crippen molar-refractivity contribution in [3.8, 4) is 0 Å². The highest BCUT2D eigenvalue weighted by Crippen LogP contribution is 2.21. The zero-order valence-electron chi connectivity index (χ0n) is 17.0. The van der Waals surface area contributed by atoms with Gasteiger partial charge in [-0.15, -0.1) is 0 Å². The Bertz CT molecular complexity index is 861. The summed E-state index contributed by atoms with van der Waals surface area (Å²) in [5.41, 5.74) is 1.98. The highest BCUT2D eigenvalue weighted by Gasteiger charge is 2.26. The van der Waals surface area contributed by atoms with Gasteiger partial charge in [0.1, 0.15) is 0 Å². The Kier molecular flexibility index (Phi) is 7.83. The molecule has 0 radical (unpaired) electrons. The van der Waals surface area contributed by atoms with Crippen molar-refractivity contribution in [2.24, 2.45) is 0 Å². The normalized spacial score (nSPS) is 17.3. The van der Waals surface area contributed by atoms with E-state index < -0.39 is 9.84 Å². The molecule has 8 heteroatoms. The molecule has 1 aliphatic rings. The Morgan fingerprint density at radius 2 is 2.07 bits per heavy atom. The van der Waals surface area contributed by atoms with Crippen LogP contribution in [0.25, 0.3) is 0 Å². The van der Waals surface area contributed by atoms with Crippen LogP contribution in [-0.4, -0.2) is 59.6 Å². The first kappa shape index (κ1) is 22.0. The topological polar surface area (TPSA) is 84.7 Å². The van der Waals surface area contributed by atoms with Gasteiger partial charge in [-0.2, -0.15) is 0 Å². The third-order valence-electron chi connectivity index (χ3n) is 5.11. The fourth-order valence-corrected chi connectivity index (χ4v) is 5.20. The van der Waals surface area contributed by atoms with Crippen molar-refractivity contribution in [2.45, 2.75) is 57.1 Å². The van der Waals surface area contributed by atoms with Crippen molar-refractivity contribution < 1.29 is 18.3 Å². The summed E-state index contributed by atoms with van der Waals surface area (Å²) in [4.78, 5) is 6.40. The molecule has 1 saturated heterocycles. The van der Waals surface area contributed by atoms with Gasteiger partial charge in [0.25, 0.3) is 0 Å². The molecule has 7 nitrogen and oxygen atoms in total. The molecule has 1 fully saturated rings. The number of rotatable bonds is 11. The van der Waals surface area contributed by atoms with E-state index in [-0.39, 0.29) is 23.6 Å². The van der Waals surface area contributed by atoms with Crippen molar-refractivity contribution >= 4 is 9.84 Å². The Hall–Kier alpha value is -1.74. The van der Waals surface area contributed by atoms with Crippen LogP contribution in [0.5, 0.6) is 0 Å². The maximum absolute atomic E-state index is 12.8. The van der Waals surface area contributed by atoms with E-state index in [4.69, 9.17) is 4.74 Å². The molecule has 1 aliphatic heterocycles. The van der Waals surface area contributed by atoms with Gasteiger partial charge < -0.3 is 14.4 Å². The molecule has 160 valence electrons. The minimum atomic E-state index is -3.44. The molecule has 29 heavy (non-hydrogen) atoms. The van der Waals surface area contributed by atoms with Gasteiger partial charge in [0, 0.05) is 26.2 Å². The van der Waals surface area contributed by atoms with Crippen molar-refractivity contribution in [3.63, 3.8) is 0 Å². The number of aromatic nitrogens is 2. The third kappa shape index (κ3) is 5.88. The summed E-state index contributed by atoms with van der Waals surface area (Å²) in [5.74, 6) is 0.0827. The molecule has 2 heterocycles. The van der Waals surface area contributed by atoms with Gasteiger partial charge >= 0.3 is 0 Å². The molecule has 2 aromatic rings. The van der Waals surface area contributed by atoms with Crippen LogP contribution in [0.3, 0.4) is 0 Å². The lowest BCUT2D eigenvalue weighted by molar-refractivity contribution is 0.0928. The number of aliphatic hydroxyl groups is 1. The van der Waals surface area contributed by atoms with E-state index in [0.717, 1.165) is 30.7 Å². The largest absolute Gasteiger partial charge is 0.395 e. The number of ether oxygens (including phenoxy) is 1. The van der Waals surface area contributed by atoms with Crippen molar-refractivity contribution in [3.05, 3.63) is 47.8 Å². The second-order valence-electron chi connectivity index (χ2n) is 7.52. The highest BCUT2D eigenvalue weighted by atomic mass is 32.2. The first-order valence-corrected chi connectivity index (χ1v) is 11.9. The van der Waals surface area contributed by atoms with Crippen LogP contribution in [0, 0.1) is 0 Å². The molecule has 0 bridgehead atoms. The fourth-order valence-electron chi connectivity index (χ4n) is 3.74.